The van der Waals surface area contributed by atoms with Gasteiger partial charge in [0, 0.05) is 18.7 Å². The van der Waals surface area contributed by atoms with Crippen molar-refractivity contribution in [1.82, 2.24) is 4.31 Å². The zero-order valence-corrected chi connectivity index (χ0v) is 11.8. The lowest BCUT2D eigenvalue weighted by molar-refractivity contribution is 0.273. The Morgan fingerprint density at radius 3 is 2.53 bits per heavy atom. The van der Waals surface area contributed by atoms with Crippen LogP contribution in [0, 0.1) is 0 Å². The monoisotopic (exact) mass is 285 g/mol. The average molecular weight is 285 g/mol. The Morgan fingerprint density at radius 1 is 1.26 bits per heavy atom. The van der Waals surface area contributed by atoms with Crippen molar-refractivity contribution in [1.29, 1.82) is 0 Å². The van der Waals surface area contributed by atoms with Crippen molar-refractivity contribution < 1.29 is 18.3 Å². The zero-order chi connectivity index (χ0) is 13.9. The second-order valence-electron chi connectivity index (χ2n) is 4.60. The Balaban J connectivity index is 2.34. The molecule has 0 saturated carbocycles. The Labute approximate surface area is 113 Å². The number of piperidine rings is 1. The Bertz CT molecular complexity index is 536. The van der Waals surface area contributed by atoms with Crippen molar-refractivity contribution in [3.63, 3.8) is 0 Å². The van der Waals surface area contributed by atoms with E-state index in [1.807, 2.05) is 0 Å². The molecule has 1 aromatic rings. The molecule has 1 aliphatic heterocycles. The molecule has 0 spiro atoms. The lowest BCUT2D eigenvalue weighted by atomic mass is 10.2. The molecule has 0 radical (unpaired) electrons. The molecular weight excluding hydrogens is 266 g/mol. The van der Waals surface area contributed by atoms with Crippen molar-refractivity contribution in [2.75, 3.05) is 20.2 Å². The van der Waals surface area contributed by atoms with Crippen LogP contribution >= 0.6 is 0 Å². The summed E-state index contributed by atoms with van der Waals surface area (Å²) in [6, 6.07) is 4.60. The summed E-state index contributed by atoms with van der Waals surface area (Å²) in [4.78, 5) is 0.222. The minimum absolute atomic E-state index is 0.222. The van der Waals surface area contributed by atoms with Gasteiger partial charge in [0.1, 0.15) is 5.75 Å². The first-order valence-corrected chi connectivity index (χ1v) is 7.81. The number of aliphatic hydroxyl groups is 1. The van der Waals surface area contributed by atoms with Crippen LogP contribution in [0.1, 0.15) is 24.8 Å². The first-order valence-electron chi connectivity index (χ1n) is 6.37. The summed E-state index contributed by atoms with van der Waals surface area (Å²) in [6.07, 6.45) is 2.89. The molecule has 0 unspecified atom stereocenters. The average Bonchev–Trinajstić information content (AvgIpc) is 2.47. The second-order valence-corrected chi connectivity index (χ2v) is 6.53. The Hall–Kier alpha value is -1.11. The number of nitrogens with zero attached hydrogens (tertiary/aromatic N) is 1. The molecule has 0 amide bonds. The van der Waals surface area contributed by atoms with Gasteiger partial charge in [0.15, 0.2) is 0 Å². The summed E-state index contributed by atoms with van der Waals surface area (Å²) in [6.45, 7) is 0.901. The zero-order valence-electron chi connectivity index (χ0n) is 11.0. The fraction of sp³-hybridized carbons (Fsp3) is 0.538. The van der Waals surface area contributed by atoms with E-state index in [4.69, 9.17) is 4.74 Å². The highest BCUT2D eigenvalue weighted by atomic mass is 32.2. The van der Waals surface area contributed by atoms with Crippen LogP contribution in [0.25, 0.3) is 0 Å². The van der Waals surface area contributed by atoms with Gasteiger partial charge in [0.25, 0.3) is 0 Å². The first-order chi connectivity index (χ1) is 9.09. The third-order valence-corrected chi connectivity index (χ3v) is 5.27. The van der Waals surface area contributed by atoms with Crippen LogP contribution in [0.15, 0.2) is 23.1 Å². The van der Waals surface area contributed by atoms with Crippen molar-refractivity contribution in [3.8, 4) is 5.75 Å². The molecule has 1 N–H and O–H groups in total. The van der Waals surface area contributed by atoms with E-state index < -0.39 is 10.0 Å². The number of ether oxygens (including phenoxy) is 1. The number of aliphatic hydroxyl groups excluding tert-OH is 1. The number of rotatable bonds is 4. The molecule has 0 aromatic heterocycles. The lowest BCUT2D eigenvalue weighted by Crippen LogP contribution is -2.35. The highest BCUT2D eigenvalue weighted by molar-refractivity contribution is 7.89. The van der Waals surface area contributed by atoms with Gasteiger partial charge in [-0.1, -0.05) is 6.42 Å². The molecular formula is C13H19NO4S. The second kappa shape index (κ2) is 5.90. The van der Waals surface area contributed by atoms with Gasteiger partial charge in [0.2, 0.25) is 10.0 Å². The van der Waals surface area contributed by atoms with Crippen molar-refractivity contribution in [2.45, 2.75) is 30.8 Å². The van der Waals surface area contributed by atoms with Crippen LogP contribution < -0.4 is 4.74 Å². The van der Waals surface area contributed by atoms with Crippen molar-refractivity contribution >= 4 is 10.0 Å². The number of methoxy groups -OCH3 is 1. The standard InChI is InChI=1S/C13H19NO4S/c1-18-13-6-5-12(9-11(13)10-15)19(16,17)14-7-3-2-4-8-14/h5-6,9,15H,2-4,7-8,10H2,1H3. The first kappa shape index (κ1) is 14.3. The Morgan fingerprint density at radius 2 is 1.95 bits per heavy atom. The van der Waals surface area contributed by atoms with E-state index in [0.717, 1.165) is 19.3 Å². The fourth-order valence-electron chi connectivity index (χ4n) is 2.29. The highest BCUT2D eigenvalue weighted by Gasteiger charge is 2.26. The van der Waals surface area contributed by atoms with E-state index in [1.54, 1.807) is 6.07 Å². The molecule has 1 fully saturated rings. The molecule has 5 nitrogen and oxygen atoms in total. The van der Waals surface area contributed by atoms with Gasteiger partial charge in [-0.05, 0) is 31.0 Å². The van der Waals surface area contributed by atoms with E-state index in [-0.39, 0.29) is 11.5 Å². The van der Waals surface area contributed by atoms with Crippen LogP contribution in [0.5, 0.6) is 5.75 Å². The molecule has 0 atom stereocenters. The molecule has 2 rings (SSSR count). The minimum Gasteiger partial charge on any atom is -0.496 e. The summed E-state index contributed by atoms with van der Waals surface area (Å²) < 4.78 is 31.5. The third kappa shape index (κ3) is 2.91. The van der Waals surface area contributed by atoms with Crippen molar-refractivity contribution in [2.24, 2.45) is 0 Å². The largest absolute Gasteiger partial charge is 0.496 e. The molecule has 1 aromatic carbocycles. The summed E-state index contributed by atoms with van der Waals surface area (Å²) >= 11 is 0. The van der Waals surface area contributed by atoms with Crippen LogP contribution in [0.4, 0.5) is 0 Å². The van der Waals surface area contributed by atoms with Gasteiger partial charge in [-0.2, -0.15) is 4.31 Å². The number of sulfonamides is 1. The van der Waals surface area contributed by atoms with Crippen LogP contribution in [-0.4, -0.2) is 38.0 Å². The summed E-state index contributed by atoms with van der Waals surface area (Å²) in [5.41, 5.74) is 0.487. The predicted octanol–water partition coefficient (Wildman–Crippen LogP) is 1.36. The van der Waals surface area contributed by atoms with Gasteiger partial charge >= 0.3 is 0 Å². The van der Waals surface area contributed by atoms with E-state index >= 15 is 0 Å². The van der Waals surface area contributed by atoms with Crippen LogP contribution in [0.2, 0.25) is 0 Å². The maximum Gasteiger partial charge on any atom is 0.243 e. The molecule has 0 bridgehead atoms. The van der Waals surface area contributed by atoms with E-state index in [1.165, 1.54) is 23.5 Å². The molecule has 1 heterocycles. The number of hydrogen-bond donors (Lipinski definition) is 1. The van der Waals surface area contributed by atoms with Gasteiger partial charge in [-0.25, -0.2) is 8.42 Å². The minimum atomic E-state index is -3.45. The topological polar surface area (TPSA) is 66.8 Å². The van der Waals surface area contributed by atoms with E-state index in [9.17, 15) is 13.5 Å². The normalized spacial score (nSPS) is 17.4. The van der Waals surface area contributed by atoms with Gasteiger partial charge in [-0.3, -0.25) is 0 Å². The Kier molecular flexibility index (Phi) is 4.44. The molecule has 106 valence electrons. The van der Waals surface area contributed by atoms with E-state index in [2.05, 4.69) is 0 Å². The summed E-state index contributed by atoms with van der Waals surface area (Å²) in [7, 11) is -1.96. The highest BCUT2D eigenvalue weighted by Crippen LogP contribution is 2.26. The maximum absolute atomic E-state index is 12.5. The molecule has 6 heteroatoms. The predicted molar refractivity (Wildman–Crippen MR) is 71.5 cm³/mol. The fourth-order valence-corrected chi connectivity index (χ4v) is 3.86. The van der Waals surface area contributed by atoms with Crippen LogP contribution in [0.3, 0.4) is 0 Å². The maximum atomic E-state index is 12.5. The molecule has 1 aliphatic rings. The van der Waals surface area contributed by atoms with Crippen molar-refractivity contribution in [3.05, 3.63) is 23.8 Å². The summed E-state index contributed by atoms with van der Waals surface area (Å²) in [5.74, 6) is 0.500. The van der Waals surface area contributed by atoms with Gasteiger partial charge in [-0.15, -0.1) is 0 Å². The third-order valence-electron chi connectivity index (χ3n) is 3.38. The number of hydrogen-bond acceptors (Lipinski definition) is 4. The van der Waals surface area contributed by atoms with Gasteiger partial charge < -0.3 is 9.84 Å². The SMILES string of the molecule is COc1ccc(S(=O)(=O)N2CCCCC2)cc1CO. The summed E-state index contributed by atoms with van der Waals surface area (Å²) in [5, 5.41) is 9.26. The smallest absolute Gasteiger partial charge is 0.243 e. The van der Waals surface area contributed by atoms with Gasteiger partial charge in [0.05, 0.1) is 18.6 Å². The molecule has 19 heavy (non-hydrogen) atoms. The van der Waals surface area contributed by atoms with E-state index in [0.29, 0.717) is 24.4 Å². The molecule has 0 aliphatic carbocycles. The number of benzene rings is 1. The lowest BCUT2D eigenvalue weighted by Gasteiger charge is -2.26. The molecule has 1 saturated heterocycles. The quantitative estimate of drug-likeness (QED) is 0.907. The van der Waals surface area contributed by atoms with Crippen LogP contribution in [-0.2, 0) is 16.6 Å².